The number of hydrogen-bond acceptors (Lipinski definition) is 6. The number of hydrogen-bond donors (Lipinski definition) is 0. The summed E-state index contributed by atoms with van der Waals surface area (Å²) in [7, 11) is 0. The van der Waals surface area contributed by atoms with Crippen LogP contribution in [-0.2, 0) is 28.6 Å². The second kappa shape index (κ2) is 54.4. The van der Waals surface area contributed by atoms with Crippen molar-refractivity contribution in [1.29, 1.82) is 0 Å². The molecule has 0 amide bonds. The maximum Gasteiger partial charge on any atom is 0.306 e. The summed E-state index contributed by atoms with van der Waals surface area (Å²) in [5.41, 5.74) is 0. The van der Waals surface area contributed by atoms with Gasteiger partial charge in [0, 0.05) is 19.3 Å². The zero-order valence-electron chi connectivity index (χ0n) is 43.1. The molecule has 6 nitrogen and oxygen atoms in total. The van der Waals surface area contributed by atoms with Crippen molar-refractivity contribution < 1.29 is 28.6 Å². The van der Waals surface area contributed by atoms with E-state index in [4.69, 9.17) is 14.2 Å². The molecule has 0 rings (SSSR count). The van der Waals surface area contributed by atoms with Crippen molar-refractivity contribution in [3.05, 3.63) is 122 Å². The number of allylic oxidation sites excluding steroid dienone is 20. The lowest BCUT2D eigenvalue weighted by molar-refractivity contribution is -0.166. The fraction of sp³-hybridized carbons (Fsp3) is 0.623. The molecule has 1 unspecified atom stereocenters. The minimum Gasteiger partial charge on any atom is -0.462 e. The van der Waals surface area contributed by atoms with E-state index in [1.807, 2.05) is 12.2 Å². The molecule has 0 radical (unpaired) electrons. The van der Waals surface area contributed by atoms with Crippen molar-refractivity contribution in [1.82, 2.24) is 0 Å². The lowest BCUT2D eigenvalue weighted by Crippen LogP contribution is -2.30. The molecule has 6 heteroatoms. The van der Waals surface area contributed by atoms with Gasteiger partial charge in [0.15, 0.2) is 6.10 Å². The minimum atomic E-state index is -0.833. The molecule has 0 fully saturated rings. The third kappa shape index (κ3) is 52.6. The number of rotatable bonds is 47. The normalized spacial score (nSPS) is 13.1. The van der Waals surface area contributed by atoms with Crippen molar-refractivity contribution in [3.8, 4) is 0 Å². The lowest BCUT2D eigenvalue weighted by Gasteiger charge is -2.18. The van der Waals surface area contributed by atoms with E-state index in [-0.39, 0.29) is 31.6 Å². The molecule has 1 atom stereocenters. The van der Waals surface area contributed by atoms with Crippen molar-refractivity contribution in [2.24, 2.45) is 0 Å². The highest BCUT2D eigenvalue weighted by Crippen LogP contribution is 2.13. The lowest BCUT2D eigenvalue weighted by atomic mass is 10.1. The molecular weight excluding hydrogens is 829 g/mol. The summed E-state index contributed by atoms with van der Waals surface area (Å²) in [5, 5.41) is 0. The van der Waals surface area contributed by atoms with Gasteiger partial charge in [0.2, 0.25) is 0 Å². The third-order valence-corrected chi connectivity index (χ3v) is 11.0. The molecule has 0 aromatic heterocycles. The topological polar surface area (TPSA) is 78.9 Å². The number of ether oxygens (including phenoxy) is 3. The Morgan fingerprint density at radius 1 is 0.328 bits per heavy atom. The Bertz CT molecular complexity index is 1440. The smallest absolute Gasteiger partial charge is 0.306 e. The van der Waals surface area contributed by atoms with Crippen LogP contribution < -0.4 is 0 Å². The number of carbonyl (C=O) groups excluding carboxylic acids is 3. The molecule has 0 bridgehead atoms. The number of carbonyl (C=O) groups is 3. The van der Waals surface area contributed by atoms with Gasteiger partial charge in [0.05, 0.1) is 0 Å². The fourth-order valence-electron chi connectivity index (χ4n) is 7.01. The highest BCUT2D eigenvalue weighted by atomic mass is 16.6. The second-order valence-corrected chi connectivity index (χ2v) is 17.5. The Labute approximate surface area is 412 Å². The minimum absolute atomic E-state index is 0.122. The maximum absolute atomic E-state index is 12.8. The monoisotopic (exact) mass is 927 g/mol. The molecule has 0 aliphatic carbocycles. The first-order valence-electron chi connectivity index (χ1n) is 27.1. The SMILES string of the molecule is CC\C=C/C=C\C=C/CCCCCCCCCC(=O)OCC(COC(=O)CCCCCCC/C=C\C=C/CCCCCCCCC)OC(=O)CC/C=C\C/C=C\C/C=C\C/C=C\C/C=C\CC. The van der Waals surface area contributed by atoms with Gasteiger partial charge in [-0.3, -0.25) is 14.4 Å². The van der Waals surface area contributed by atoms with E-state index < -0.39 is 12.1 Å². The average molecular weight is 927 g/mol. The molecule has 0 saturated heterocycles. The average Bonchev–Trinajstić information content (AvgIpc) is 3.33. The Hall–Kier alpha value is -4.19. The van der Waals surface area contributed by atoms with Crippen LogP contribution in [0.15, 0.2) is 122 Å². The highest BCUT2D eigenvalue weighted by molar-refractivity contribution is 5.71. The van der Waals surface area contributed by atoms with Crippen LogP contribution in [0.25, 0.3) is 0 Å². The summed E-state index contributed by atoms with van der Waals surface area (Å²) in [6, 6.07) is 0. The summed E-state index contributed by atoms with van der Waals surface area (Å²) in [4.78, 5) is 38.0. The van der Waals surface area contributed by atoms with E-state index in [1.54, 1.807) is 0 Å². The molecule has 0 aromatic carbocycles. The highest BCUT2D eigenvalue weighted by Gasteiger charge is 2.19. The fourth-order valence-corrected chi connectivity index (χ4v) is 7.01. The number of esters is 3. The van der Waals surface area contributed by atoms with Gasteiger partial charge in [0.1, 0.15) is 13.2 Å². The Morgan fingerprint density at radius 2 is 0.687 bits per heavy atom. The van der Waals surface area contributed by atoms with Crippen LogP contribution in [-0.4, -0.2) is 37.2 Å². The van der Waals surface area contributed by atoms with Gasteiger partial charge in [-0.15, -0.1) is 0 Å². The Kier molecular flexibility index (Phi) is 51.0. The Morgan fingerprint density at radius 3 is 1.12 bits per heavy atom. The summed E-state index contributed by atoms with van der Waals surface area (Å²) >= 11 is 0. The van der Waals surface area contributed by atoms with Crippen LogP contribution in [0.5, 0.6) is 0 Å². The first-order chi connectivity index (χ1) is 33.0. The first kappa shape index (κ1) is 62.8. The van der Waals surface area contributed by atoms with Crippen molar-refractivity contribution in [2.75, 3.05) is 13.2 Å². The quantitative estimate of drug-likeness (QED) is 0.0199. The predicted molar refractivity (Wildman–Crippen MR) is 288 cm³/mol. The second-order valence-electron chi connectivity index (χ2n) is 17.5. The van der Waals surface area contributed by atoms with Crippen molar-refractivity contribution in [3.63, 3.8) is 0 Å². The predicted octanol–water partition coefficient (Wildman–Crippen LogP) is 18.1. The molecule has 0 heterocycles. The molecule has 0 aromatic rings. The maximum atomic E-state index is 12.8. The van der Waals surface area contributed by atoms with E-state index >= 15 is 0 Å². The zero-order chi connectivity index (χ0) is 48.6. The molecule has 0 N–H and O–H groups in total. The van der Waals surface area contributed by atoms with Crippen molar-refractivity contribution >= 4 is 17.9 Å². The van der Waals surface area contributed by atoms with Crippen LogP contribution in [0.2, 0.25) is 0 Å². The van der Waals surface area contributed by atoms with Crippen LogP contribution in [0, 0.1) is 0 Å². The molecule has 378 valence electrons. The zero-order valence-corrected chi connectivity index (χ0v) is 43.1. The van der Waals surface area contributed by atoms with Gasteiger partial charge in [-0.05, 0) is 96.3 Å². The van der Waals surface area contributed by atoms with Gasteiger partial charge in [-0.1, -0.05) is 232 Å². The number of unbranched alkanes of at least 4 members (excludes halogenated alkanes) is 19. The van der Waals surface area contributed by atoms with E-state index in [2.05, 4.69) is 130 Å². The van der Waals surface area contributed by atoms with Gasteiger partial charge >= 0.3 is 17.9 Å². The molecule has 67 heavy (non-hydrogen) atoms. The standard InChI is InChI=1S/C61H98O6/c1-4-7-10-13-16-19-22-25-28-30-31-34-36-39-42-45-48-51-54-60(63)66-57-58(56-65-59(62)53-50-47-44-41-38-35-32-27-24-21-18-15-12-9-6-3)67-61(64)55-52-49-46-43-40-37-33-29-26-23-20-17-14-11-8-5-2/h8-9,11-12,15,17-18,20-21,24,26,28-31,34,37,40,46,49,58H,4-7,10,13-14,16,19,22-23,25,27,32-33,35-36,38-39,41-45,47-48,50-57H2,1-3H3/b11-8-,12-9-,18-15-,20-17-,24-21-,29-26-,30-28-,34-31-,40-37-,49-46-. The largest absolute Gasteiger partial charge is 0.462 e. The molecule has 0 aliphatic heterocycles. The van der Waals surface area contributed by atoms with E-state index in [0.29, 0.717) is 19.3 Å². The molecular formula is C61H98O6. The van der Waals surface area contributed by atoms with Crippen LogP contribution in [0.3, 0.4) is 0 Å². The van der Waals surface area contributed by atoms with Crippen LogP contribution >= 0.6 is 0 Å². The molecule has 0 aliphatic rings. The summed E-state index contributed by atoms with van der Waals surface area (Å²) in [6.45, 7) is 6.29. The van der Waals surface area contributed by atoms with Gasteiger partial charge < -0.3 is 14.2 Å². The van der Waals surface area contributed by atoms with E-state index in [1.165, 1.54) is 77.0 Å². The Balaban J connectivity index is 4.55. The van der Waals surface area contributed by atoms with Crippen LogP contribution in [0.1, 0.15) is 226 Å². The molecule has 0 spiro atoms. The van der Waals surface area contributed by atoms with Gasteiger partial charge in [0.25, 0.3) is 0 Å². The summed E-state index contributed by atoms with van der Waals surface area (Å²) < 4.78 is 16.7. The van der Waals surface area contributed by atoms with Gasteiger partial charge in [-0.25, -0.2) is 0 Å². The van der Waals surface area contributed by atoms with Crippen LogP contribution in [0.4, 0.5) is 0 Å². The summed E-state index contributed by atoms with van der Waals surface area (Å²) in [5.74, 6) is -1.04. The summed E-state index contributed by atoms with van der Waals surface area (Å²) in [6.07, 6.45) is 74.8. The first-order valence-corrected chi connectivity index (χ1v) is 27.1. The van der Waals surface area contributed by atoms with E-state index in [9.17, 15) is 14.4 Å². The van der Waals surface area contributed by atoms with E-state index in [0.717, 1.165) is 103 Å². The third-order valence-electron chi connectivity index (χ3n) is 11.0. The van der Waals surface area contributed by atoms with Crippen molar-refractivity contribution in [2.45, 2.75) is 232 Å². The van der Waals surface area contributed by atoms with Gasteiger partial charge in [-0.2, -0.15) is 0 Å². The molecule has 0 saturated carbocycles.